The highest BCUT2D eigenvalue weighted by Gasteiger charge is 2.21. The summed E-state index contributed by atoms with van der Waals surface area (Å²) in [5.41, 5.74) is 0.783. The first-order valence-electron chi connectivity index (χ1n) is 9.44. The van der Waals surface area contributed by atoms with Gasteiger partial charge in [0.1, 0.15) is 15.5 Å². The number of aromatic nitrogens is 2. The van der Waals surface area contributed by atoms with E-state index in [-0.39, 0.29) is 5.56 Å². The van der Waals surface area contributed by atoms with Crippen LogP contribution in [0.15, 0.2) is 35.4 Å². The highest BCUT2D eigenvalue weighted by Crippen LogP contribution is 2.28. The molecule has 0 saturated heterocycles. The lowest BCUT2D eigenvalue weighted by atomic mass is 10.2. The number of carbonyl (C=O) groups is 2. The van der Waals surface area contributed by atoms with Gasteiger partial charge in [-0.3, -0.25) is 9.36 Å². The molecule has 0 radical (unpaired) electrons. The fourth-order valence-electron chi connectivity index (χ4n) is 2.78. The quantitative estimate of drug-likeness (QED) is 0.330. The van der Waals surface area contributed by atoms with Crippen molar-refractivity contribution in [3.05, 3.63) is 57.0 Å². The van der Waals surface area contributed by atoms with Crippen LogP contribution in [0.3, 0.4) is 0 Å². The second kappa shape index (κ2) is 9.00. The molecule has 0 aliphatic carbocycles. The first-order chi connectivity index (χ1) is 14.0. The van der Waals surface area contributed by atoms with Gasteiger partial charge in [0.2, 0.25) is 0 Å². The Balaban J connectivity index is 1.77. The van der Waals surface area contributed by atoms with Crippen LogP contribution in [0.1, 0.15) is 52.3 Å². The maximum absolute atomic E-state index is 12.6. The summed E-state index contributed by atoms with van der Waals surface area (Å²) in [7, 11) is 0. The average molecular weight is 414 g/mol. The van der Waals surface area contributed by atoms with E-state index in [1.165, 1.54) is 10.9 Å². The maximum Gasteiger partial charge on any atom is 0.354 e. The van der Waals surface area contributed by atoms with Crippen molar-refractivity contribution in [3.63, 3.8) is 0 Å². The molecular weight excluding hydrogens is 392 g/mol. The monoisotopic (exact) mass is 414 g/mol. The molecule has 0 aliphatic rings. The van der Waals surface area contributed by atoms with E-state index in [0.717, 1.165) is 24.2 Å². The van der Waals surface area contributed by atoms with Crippen LogP contribution in [0.5, 0.6) is 5.75 Å². The van der Waals surface area contributed by atoms with E-state index in [1.54, 1.807) is 31.2 Å². The summed E-state index contributed by atoms with van der Waals surface area (Å²) in [5, 5.41) is 0.441. The molecule has 0 N–H and O–H groups in total. The minimum absolute atomic E-state index is 0.170. The van der Waals surface area contributed by atoms with Gasteiger partial charge >= 0.3 is 11.9 Å². The molecule has 2 aromatic heterocycles. The van der Waals surface area contributed by atoms with E-state index in [9.17, 15) is 14.4 Å². The molecule has 0 bridgehead atoms. The number of benzene rings is 1. The van der Waals surface area contributed by atoms with Crippen LogP contribution in [0.2, 0.25) is 0 Å². The van der Waals surface area contributed by atoms with Crippen molar-refractivity contribution < 1.29 is 19.1 Å². The zero-order chi connectivity index (χ0) is 21.0. The number of thiophene rings is 1. The zero-order valence-electron chi connectivity index (χ0n) is 16.6. The summed E-state index contributed by atoms with van der Waals surface area (Å²) >= 11 is 1.13. The molecule has 0 spiro atoms. The van der Waals surface area contributed by atoms with Crippen molar-refractivity contribution in [2.75, 3.05) is 6.61 Å². The number of esters is 2. The van der Waals surface area contributed by atoms with Crippen molar-refractivity contribution >= 4 is 33.5 Å². The smallest absolute Gasteiger partial charge is 0.354 e. The van der Waals surface area contributed by atoms with Crippen molar-refractivity contribution in [3.8, 4) is 5.75 Å². The second-order valence-electron chi connectivity index (χ2n) is 6.48. The Morgan fingerprint density at radius 3 is 2.52 bits per heavy atom. The van der Waals surface area contributed by atoms with E-state index in [0.29, 0.717) is 45.1 Å². The number of unbranched alkanes of at least 4 members (excludes halogenated alkanes) is 1. The Bertz CT molecular complexity index is 1100. The molecular formula is C21H22N2O5S. The topological polar surface area (TPSA) is 87.5 Å². The van der Waals surface area contributed by atoms with Gasteiger partial charge in [-0.2, -0.15) is 0 Å². The molecule has 0 aliphatic heterocycles. The molecule has 0 fully saturated rings. The molecule has 0 amide bonds. The van der Waals surface area contributed by atoms with Crippen LogP contribution in [0, 0.1) is 6.92 Å². The Labute approximate surface area is 171 Å². The Hall–Kier alpha value is -3.00. The van der Waals surface area contributed by atoms with E-state index in [1.807, 2.05) is 13.8 Å². The lowest BCUT2D eigenvalue weighted by molar-refractivity contribution is 0.0499. The lowest BCUT2D eigenvalue weighted by Crippen LogP contribution is -2.19. The number of ether oxygens (including phenoxy) is 2. The summed E-state index contributed by atoms with van der Waals surface area (Å²) in [6, 6.07) is 6.19. The van der Waals surface area contributed by atoms with Gasteiger partial charge in [0.05, 0.1) is 23.9 Å². The van der Waals surface area contributed by atoms with Crippen molar-refractivity contribution in [1.82, 2.24) is 9.55 Å². The molecule has 3 aromatic rings. The maximum atomic E-state index is 12.6. The summed E-state index contributed by atoms with van der Waals surface area (Å²) in [4.78, 5) is 42.2. The highest BCUT2D eigenvalue weighted by atomic mass is 32.1. The third kappa shape index (κ3) is 4.37. The fourth-order valence-corrected chi connectivity index (χ4v) is 3.80. The van der Waals surface area contributed by atoms with Gasteiger partial charge < -0.3 is 9.47 Å². The Kier molecular flexibility index (Phi) is 6.43. The third-order valence-electron chi connectivity index (χ3n) is 4.47. The minimum atomic E-state index is -0.564. The first kappa shape index (κ1) is 20.7. The van der Waals surface area contributed by atoms with Crippen LogP contribution in [0.4, 0.5) is 0 Å². The van der Waals surface area contributed by atoms with Crippen molar-refractivity contribution in [1.29, 1.82) is 0 Å². The van der Waals surface area contributed by atoms with E-state index < -0.39 is 11.9 Å². The average Bonchev–Trinajstić information content (AvgIpc) is 3.06. The van der Waals surface area contributed by atoms with Crippen molar-refractivity contribution in [2.24, 2.45) is 0 Å². The number of aryl methyl sites for hydroxylation is 2. The van der Waals surface area contributed by atoms with E-state index in [2.05, 4.69) is 4.98 Å². The fraction of sp³-hybridized carbons (Fsp3) is 0.333. The summed E-state index contributed by atoms with van der Waals surface area (Å²) in [6.07, 6.45) is 3.24. The molecule has 3 rings (SSSR count). The standard InChI is InChI=1S/C21H22N2O5S/c1-4-6-11-27-20(25)14-7-9-15(10-8-14)28-21(26)17-13(3)16-18(29-17)22-12-23(5-2)19(16)24/h7-10,12H,4-6,11H2,1-3H3. The molecule has 0 saturated carbocycles. The van der Waals surface area contributed by atoms with Gasteiger partial charge in [0.25, 0.3) is 5.56 Å². The highest BCUT2D eigenvalue weighted by molar-refractivity contribution is 7.20. The van der Waals surface area contributed by atoms with Crippen LogP contribution in [-0.2, 0) is 11.3 Å². The summed E-state index contributed by atoms with van der Waals surface area (Å²) in [6.45, 7) is 6.48. The minimum Gasteiger partial charge on any atom is -0.462 e. The van der Waals surface area contributed by atoms with E-state index in [4.69, 9.17) is 9.47 Å². The normalized spacial score (nSPS) is 10.9. The number of rotatable bonds is 7. The number of nitrogens with zero attached hydrogens (tertiary/aromatic N) is 2. The third-order valence-corrected chi connectivity index (χ3v) is 5.65. The van der Waals surface area contributed by atoms with Gasteiger partial charge in [0.15, 0.2) is 0 Å². The van der Waals surface area contributed by atoms with Crippen LogP contribution in [0.25, 0.3) is 10.2 Å². The molecule has 8 heteroatoms. The molecule has 29 heavy (non-hydrogen) atoms. The molecule has 0 unspecified atom stereocenters. The first-order valence-corrected chi connectivity index (χ1v) is 10.3. The molecule has 0 atom stereocenters. The summed E-state index contributed by atoms with van der Waals surface area (Å²) in [5.74, 6) is -0.669. The zero-order valence-corrected chi connectivity index (χ0v) is 17.4. The second-order valence-corrected chi connectivity index (χ2v) is 7.47. The molecule has 152 valence electrons. The Morgan fingerprint density at radius 2 is 1.86 bits per heavy atom. The van der Waals surface area contributed by atoms with Gasteiger partial charge in [-0.05, 0) is 50.1 Å². The summed E-state index contributed by atoms with van der Waals surface area (Å²) < 4.78 is 12.1. The molecule has 7 nitrogen and oxygen atoms in total. The van der Waals surface area contributed by atoms with Crippen LogP contribution >= 0.6 is 11.3 Å². The number of hydrogen-bond donors (Lipinski definition) is 0. The number of carbonyl (C=O) groups excluding carboxylic acids is 2. The predicted molar refractivity (Wildman–Crippen MR) is 111 cm³/mol. The molecule has 2 heterocycles. The Morgan fingerprint density at radius 1 is 1.14 bits per heavy atom. The predicted octanol–water partition coefficient (Wildman–Crippen LogP) is 3.96. The van der Waals surface area contributed by atoms with Crippen molar-refractivity contribution in [2.45, 2.75) is 40.2 Å². The van der Waals surface area contributed by atoms with Gasteiger partial charge in [-0.15, -0.1) is 11.3 Å². The van der Waals surface area contributed by atoms with Gasteiger partial charge in [-0.25, -0.2) is 14.6 Å². The SMILES string of the molecule is CCCCOC(=O)c1ccc(OC(=O)c2sc3ncn(CC)c(=O)c3c2C)cc1. The largest absolute Gasteiger partial charge is 0.462 e. The van der Waals surface area contributed by atoms with Crippen LogP contribution < -0.4 is 10.3 Å². The molecule has 1 aromatic carbocycles. The van der Waals surface area contributed by atoms with E-state index >= 15 is 0 Å². The van der Waals surface area contributed by atoms with Gasteiger partial charge in [0, 0.05) is 6.54 Å². The van der Waals surface area contributed by atoms with Crippen LogP contribution in [-0.4, -0.2) is 28.1 Å². The van der Waals surface area contributed by atoms with Gasteiger partial charge in [-0.1, -0.05) is 13.3 Å². The number of hydrogen-bond acceptors (Lipinski definition) is 7. The number of fused-ring (bicyclic) bond motifs is 1. The lowest BCUT2D eigenvalue weighted by Gasteiger charge is -2.06.